The number of hydrogen-bond donors (Lipinski definition) is 0. The fraction of sp³-hybridized carbons (Fsp3) is 0.385. The van der Waals surface area contributed by atoms with Crippen LogP contribution in [0.1, 0.15) is 5.69 Å². The van der Waals surface area contributed by atoms with Crippen LogP contribution in [0.15, 0.2) is 18.7 Å². The Labute approximate surface area is 126 Å². The van der Waals surface area contributed by atoms with Crippen molar-refractivity contribution in [2.24, 2.45) is 0 Å². The van der Waals surface area contributed by atoms with E-state index in [1.807, 2.05) is 9.80 Å². The van der Waals surface area contributed by atoms with Crippen molar-refractivity contribution in [2.45, 2.75) is 6.92 Å². The zero-order valence-electron chi connectivity index (χ0n) is 11.5. The van der Waals surface area contributed by atoms with Gasteiger partial charge in [0.2, 0.25) is 5.95 Å². The average Bonchev–Trinajstić information content (AvgIpc) is 2.51. The van der Waals surface area contributed by atoms with Gasteiger partial charge in [-0.05, 0) is 6.92 Å². The second-order valence-corrected chi connectivity index (χ2v) is 5.21. The molecule has 0 bridgehead atoms. The molecule has 110 valence electrons. The van der Waals surface area contributed by atoms with Gasteiger partial charge in [0.05, 0.1) is 23.1 Å². The molecule has 0 radical (unpaired) electrons. The van der Waals surface area contributed by atoms with E-state index in [9.17, 15) is 4.39 Å². The summed E-state index contributed by atoms with van der Waals surface area (Å²) in [4.78, 5) is 20.2. The van der Waals surface area contributed by atoms with Gasteiger partial charge in [-0.1, -0.05) is 11.6 Å². The van der Waals surface area contributed by atoms with Crippen LogP contribution in [0.4, 0.5) is 16.2 Å². The van der Waals surface area contributed by atoms with Crippen molar-refractivity contribution in [3.8, 4) is 0 Å². The van der Waals surface area contributed by atoms with Gasteiger partial charge in [0.1, 0.15) is 6.33 Å². The zero-order chi connectivity index (χ0) is 14.8. The Hall–Kier alpha value is -2.02. The van der Waals surface area contributed by atoms with Crippen LogP contribution in [0.3, 0.4) is 0 Å². The second kappa shape index (κ2) is 5.77. The lowest BCUT2D eigenvalue weighted by Crippen LogP contribution is -2.47. The maximum atomic E-state index is 14.0. The Bertz CT molecular complexity index is 627. The second-order valence-electron chi connectivity index (χ2n) is 4.77. The van der Waals surface area contributed by atoms with E-state index in [0.29, 0.717) is 48.7 Å². The molecule has 21 heavy (non-hydrogen) atoms. The normalized spacial score (nSPS) is 15.4. The first-order valence-corrected chi connectivity index (χ1v) is 6.97. The molecule has 3 heterocycles. The van der Waals surface area contributed by atoms with Crippen molar-refractivity contribution >= 4 is 23.4 Å². The lowest BCUT2D eigenvalue weighted by Gasteiger charge is -2.35. The molecule has 0 N–H and O–H groups in total. The van der Waals surface area contributed by atoms with Gasteiger partial charge in [0.25, 0.3) is 0 Å². The fourth-order valence-corrected chi connectivity index (χ4v) is 2.35. The highest BCUT2D eigenvalue weighted by Gasteiger charge is 2.22. The summed E-state index contributed by atoms with van der Waals surface area (Å²) in [6.45, 7) is 4.34. The van der Waals surface area contributed by atoms with Gasteiger partial charge in [0.15, 0.2) is 11.6 Å². The van der Waals surface area contributed by atoms with E-state index in [2.05, 4.69) is 19.9 Å². The van der Waals surface area contributed by atoms with Gasteiger partial charge in [-0.3, -0.25) is 0 Å². The first-order valence-electron chi connectivity index (χ1n) is 6.59. The molecule has 1 aliphatic rings. The molecule has 3 rings (SSSR count). The van der Waals surface area contributed by atoms with Gasteiger partial charge in [0, 0.05) is 26.2 Å². The van der Waals surface area contributed by atoms with Gasteiger partial charge < -0.3 is 9.80 Å². The SMILES string of the molecule is Cc1ncnc(N2CCN(c3ncc(Cl)cn3)CC2)c1F. The van der Waals surface area contributed by atoms with Crippen LogP contribution in [0, 0.1) is 12.7 Å². The minimum absolute atomic E-state index is 0.353. The van der Waals surface area contributed by atoms with Gasteiger partial charge in [-0.2, -0.15) is 0 Å². The Morgan fingerprint density at radius 3 is 2.29 bits per heavy atom. The van der Waals surface area contributed by atoms with E-state index in [1.54, 1.807) is 19.3 Å². The van der Waals surface area contributed by atoms with Gasteiger partial charge in [-0.25, -0.2) is 24.3 Å². The third kappa shape index (κ3) is 2.87. The van der Waals surface area contributed by atoms with Crippen molar-refractivity contribution in [2.75, 3.05) is 36.0 Å². The molecule has 0 aliphatic carbocycles. The maximum absolute atomic E-state index is 14.0. The predicted octanol–water partition coefficient (Wildman–Crippen LogP) is 1.69. The van der Waals surface area contributed by atoms with Crippen LogP contribution in [0.5, 0.6) is 0 Å². The number of piperazine rings is 1. The number of aryl methyl sites for hydroxylation is 1. The smallest absolute Gasteiger partial charge is 0.225 e. The lowest BCUT2D eigenvalue weighted by atomic mass is 10.3. The van der Waals surface area contributed by atoms with E-state index >= 15 is 0 Å². The highest BCUT2D eigenvalue weighted by atomic mass is 35.5. The molecule has 2 aromatic rings. The summed E-state index contributed by atoms with van der Waals surface area (Å²) >= 11 is 5.78. The van der Waals surface area contributed by atoms with E-state index < -0.39 is 0 Å². The Morgan fingerprint density at radius 1 is 1.00 bits per heavy atom. The topological polar surface area (TPSA) is 58.0 Å². The highest BCUT2D eigenvalue weighted by molar-refractivity contribution is 6.30. The van der Waals surface area contributed by atoms with Crippen molar-refractivity contribution in [1.82, 2.24) is 19.9 Å². The summed E-state index contributed by atoms with van der Waals surface area (Å²) in [6, 6.07) is 0. The summed E-state index contributed by atoms with van der Waals surface area (Å²) < 4.78 is 14.0. The largest absolute Gasteiger partial charge is 0.351 e. The van der Waals surface area contributed by atoms with E-state index in [1.165, 1.54) is 6.33 Å². The van der Waals surface area contributed by atoms with Crippen molar-refractivity contribution in [3.63, 3.8) is 0 Å². The Morgan fingerprint density at radius 2 is 1.62 bits per heavy atom. The lowest BCUT2D eigenvalue weighted by molar-refractivity contribution is 0.572. The number of anilines is 2. The number of nitrogens with zero attached hydrogens (tertiary/aromatic N) is 6. The first-order chi connectivity index (χ1) is 10.1. The standard InChI is InChI=1S/C13H14ClFN6/c1-9-11(15)12(19-8-18-9)20-2-4-21(5-3-20)13-16-6-10(14)7-17-13/h6-8H,2-5H2,1H3. The molecule has 0 aromatic carbocycles. The Kier molecular flexibility index (Phi) is 3.83. The molecule has 0 spiro atoms. The molecule has 0 unspecified atom stereocenters. The number of aromatic nitrogens is 4. The summed E-state index contributed by atoms with van der Waals surface area (Å²) in [5.41, 5.74) is 0.364. The molecule has 0 amide bonds. The molecule has 1 fully saturated rings. The minimum atomic E-state index is -0.353. The summed E-state index contributed by atoms with van der Waals surface area (Å²) in [5.74, 6) is 0.645. The molecule has 2 aromatic heterocycles. The third-order valence-electron chi connectivity index (χ3n) is 3.41. The third-order valence-corrected chi connectivity index (χ3v) is 3.61. The van der Waals surface area contributed by atoms with E-state index in [0.717, 1.165) is 0 Å². The van der Waals surface area contributed by atoms with Crippen LogP contribution < -0.4 is 9.80 Å². The zero-order valence-corrected chi connectivity index (χ0v) is 12.3. The van der Waals surface area contributed by atoms with Crippen LogP contribution in [-0.4, -0.2) is 46.1 Å². The molecular formula is C13H14ClFN6. The molecular weight excluding hydrogens is 295 g/mol. The first kappa shape index (κ1) is 13.9. The van der Waals surface area contributed by atoms with Gasteiger partial charge >= 0.3 is 0 Å². The number of halogens is 2. The molecule has 1 aliphatic heterocycles. The highest BCUT2D eigenvalue weighted by Crippen LogP contribution is 2.20. The van der Waals surface area contributed by atoms with Gasteiger partial charge in [-0.15, -0.1) is 0 Å². The van der Waals surface area contributed by atoms with E-state index in [4.69, 9.17) is 11.6 Å². The summed E-state index contributed by atoms with van der Waals surface area (Å²) in [5, 5.41) is 0.510. The molecule has 1 saturated heterocycles. The Balaban J connectivity index is 1.70. The van der Waals surface area contributed by atoms with Crippen LogP contribution in [-0.2, 0) is 0 Å². The quantitative estimate of drug-likeness (QED) is 0.841. The maximum Gasteiger partial charge on any atom is 0.225 e. The van der Waals surface area contributed by atoms with Crippen LogP contribution >= 0.6 is 11.6 Å². The van der Waals surface area contributed by atoms with Crippen LogP contribution in [0.2, 0.25) is 5.02 Å². The van der Waals surface area contributed by atoms with Crippen molar-refractivity contribution in [3.05, 3.63) is 35.3 Å². The monoisotopic (exact) mass is 308 g/mol. The van der Waals surface area contributed by atoms with Crippen molar-refractivity contribution in [1.29, 1.82) is 0 Å². The number of hydrogen-bond acceptors (Lipinski definition) is 6. The predicted molar refractivity (Wildman–Crippen MR) is 78.2 cm³/mol. The number of rotatable bonds is 2. The molecule has 0 atom stereocenters. The summed E-state index contributed by atoms with van der Waals surface area (Å²) in [7, 11) is 0. The minimum Gasteiger partial charge on any atom is -0.351 e. The molecule has 8 heteroatoms. The molecule has 6 nitrogen and oxygen atoms in total. The van der Waals surface area contributed by atoms with E-state index in [-0.39, 0.29) is 5.82 Å². The fourth-order valence-electron chi connectivity index (χ4n) is 2.25. The molecule has 0 saturated carbocycles. The summed E-state index contributed by atoms with van der Waals surface area (Å²) in [6.07, 6.45) is 4.54. The average molecular weight is 309 g/mol. The van der Waals surface area contributed by atoms with Crippen LogP contribution in [0.25, 0.3) is 0 Å². The van der Waals surface area contributed by atoms with Crippen molar-refractivity contribution < 1.29 is 4.39 Å².